The summed E-state index contributed by atoms with van der Waals surface area (Å²) in [6, 6.07) is 0. The molecule has 0 aromatic rings. The van der Waals surface area contributed by atoms with Crippen molar-refractivity contribution in [3.63, 3.8) is 0 Å². The highest BCUT2D eigenvalue weighted by Crippen LogP contribution is 2.23. The maximum absolute atomic E-state index is 11.1. The Hall–Kier alpha value is 0.140. The third kappa shape index (κ3) is 2.79. The van der Waals surface area contributed by atoms with Crippen molar-refractivity contribution in [1.82, 2.24) is 0 Å². The molecule has 0 unspecified atom stereocenters. The van der Waals surface area contributed by atoms with Crippen molar-refractivity contribution in [3.05, 3.63) is 0 Å². The molecule has 0 aliphatic carbocycles. The molecule has 0 nitrogen and oxygen atoms in total. The van der Waals surface area contributed by atoms with E-state index in [9.17, 15) is 13.2 Å². The van der Waals surface area contributed by atoms with E-state index in [1.807, 2.05) is 0 Å². The molecule has 0 rings (SSSR count). The number of hydrogen-bond acceptors (Lipinski definition) is 1. The fourth-order valence-corrected chi connectivity index (χ4v) is 0. The predicted molar refractivity (Wildman–Crippen MR) is 24.5 cm³/mol. The van der Waals surface area contributed by atoms with Crippen LogP contribution < -0.4 is 0 Å². The quantitative estimate of drug-likeness (QED) is 0.475. The van der Waals surface area contributed by atoms with Crippen LogP contribution in [0.5, 0.6) is 0 Å². The number of rotatable bonds is 0. The molecule has 0 aromatic carbocycles. The number of halogens is 3. The molecule has 0 aromatic heterocycles. The molecule has 0 amide bonds. The summed E-state index contributed by atoms with van der Waals surface area (Å²) >= 11 is 3.15. The number of thiol groups is 1. The van der Waals surface area contributed by atoms with E-state index < -0.39 is 11.4 Å². The molecule has 0 N–H and O–H groups in total. The minimum atomic E-state index is -4.14. The third-order valence-corrected chi connectivity index (χ3v) is 0.766. The Morgan fingerprint density at radius 3 is 1.57 bits per heavy atom. The second kappa shape index (κ2) is 1.94. The van der Waals surface area contributed by atoms with Gasteiger partial charge in [0.15, 0.2) is 0 Å². The Labute approximate surface area is 45.1 Å². The average Bonchev–Trinajstić information content (AvgIpc) is 1.31. The topological polar surface area (TPSA) is 0 Å². The first-order valence-corrected chi connectivity index (χ1v) is 2.21. The van der Waals surface area contributed by atoms with E-state index in [1.54, 1.807) is 0 Å². The normalized spacial score (nSPS) is 16.7. The van der Waals surface area contributed by atoms with Gasteiger partial charge in [-0.25, -0.2) is 0 Å². The molecule has 0 saturated heterocycles. The minimum Gasteiger partial charge on any atom is -0.170 e. The fourth-order valence-electron chi connectivity index (χ4n) is 0. The lowest BCUT2D eigenvalue weighted by Gasteiger charge is -2.06. The molecule has 0 saturated carbocycles. The Kier molecular flexibility index (Phi) is 1.98. The molecule has 0 spiro atoms. The standard InChI is InChI=1S/C3H5F3S/c1-2(7)3(4,5)6/h2,7H,1H3/t2-/m0/s1. The smallest absolute Gasteiger partial charge is 0.170 e. The second-order valence-electron chi connectivity index (χ2n) is 1.22. The highest BCUT2D eigenvalue weighted by molar-refractivity contribution is 7.81. The molecule has 0 heterocycles. The van der Waals surface area contributed by atoms with E-state index in [0.29, 0.717) is 0 Å². The van der Waals surface area contributed by atoms with Crippen LogP contribution in [-0.2, 0) is 0 Å². The Balaban J connectivity index is 3.54. The molecule has 7 heavy (non-hydrogen) atoms. The lowest BCUT2D eigenvalue weighted by atomic mass is 10.5. The van der Waals surface area contributed by atoms with Gasteiger partial charge >= 0.3 is 6.18 Å². The van der Waals surface area contributed by atoms with Gasteiger partial charge in [0.1, 0.15) is 0 Å². The summed E-state index contributed by atoms with van der Waals surface area (Å²) in [7, 11) is 0. The van der Waals surface area contributed by atoms with Crippen molar-refractivity contribution in [2.45, 2.75) is 18.3 Å². The SMILES string of the molecule is C[C@H](S)C(F)(F)F. The first-order valence-electron chi connectivity index (χ1n) is 1.69. The van der Waals surface area contributed by atoms with Gasteiger partial charge in [0, 0.05) is 0 Å². The van der Waals surface area contributed by atoms with Crippen molar-refractivity contribution in [2.75, 3.05) is 0 Å². The van der Waals surface area contributed by atoms with Gasteiger partial charge in [-0.15, -0.1) is 0 Å². The molecule has 0 fully saturated rings. The van der Waals surface area contributed by atoms with Gasteiger partial charge in [0.2, 0.25) is 0 Å². The van der Waals surface area contributed by atoms with Crippen molar-refractivity contribution in [3.8, 4) is 0 Å². The minimum absolute atomic E-state index is 0.989. The first kappa shape index (κ1) is 7.14. The zero-order valence-electron chi connectivity index (χ0n) is 3.66. The molecule has 0 aliphatic heterocycles. The number of hydrogen-bond donors (Lipinski definition) is 1. The molecule has 0 aliphatic rings. The summed E-state index contributed by atoms with van der Waals surface area (Å²) in [5.41, 5.74) is 0. The maximum Gasteiger partial charge on any atom is 0.400 e. The molecule has 0 radical (unpaired) electrons. The van der Waals surface area contributed by atoms with Gasteiger partial charge < -0.3 is 0 Å². The molecule has 0 bridgehead atoms. The van der Waals surface area contributed by atoms with Crippen molar-refractivity contribution >= 4 is 12.6 Å². The van der Waals surface area contributed by atoms with Gasteiger partial charge in [-0.05, 0) is 6.92 Å². The lowest BCUT2D eigenvalue weighted by Crippen LogP contribution is -2.19. The van der Waals surface area contributed by atoms with Crippen molar-refractivity contribution in [1.29, 1.82) is 0 Å². The van der Waals surface area contributed by atoms with Crippen LogP contribution in [-0.4, -0.2) is 11.4 Å². The first-order chi connectivity index (χ1) is 2.94. The highest BCUT2D eigenvalue weighted by atomic mass is 32.1. The van der Waals surface area contributed by atoms with Crippen LogP contribution in [0, 0.1) is 0 Å². The van der Waals surface area contributed by atoms with Crippen LogP contribution in [0.25, 0.3) is 0 Å². The lowest BCUT2D eigenvalue weighted by molar-refractivity contribution is -0.124. The van der Waals surface area contributed by atoms with Crippen LogP contribution in [0.1, 0.15) is 6.92 Å². The average molecular weight is 130 g/mol. The summed E-state index contributed by atoms with van der Waals surface area (Å²) in [6.45, 7) is 0.989. The number of alkyl halides is 3. The van der Waals surface area contributed by atoms with E-state index in [-0.39, 0.29) is 0 Å². The zero-order valence-corrected chi connectivity index (χ0v) is 4.55. The van der Waals surface area contributed by atoms with Gasteiger partial charge in [-0.1, -0.05) is 0 Å². The molecule has 4 heteroatoms. The highest BCUT2D eigenvalue weighted by Gasteiger charge is 2.32. The van der Waals surface area contributed by atoms with Crippen LogP contribution in [0.15, 0.2) is 0 Å². The van der Waals surface area contributed by atoms with E-state index >= 15 is 0 Å². The largest absolute Gasteiger partial charge is 0.400 e. The summed E-state index contributed by atoms with van der Waals surface area (Å²) < 4.78 is 33.3. The summed E-state index contributed by atoms with van der Waals surface area (Å²) in [5.74, 6) is 0. The van der Waals surface area contributed by atoms with E-state index in [2.05, 4.69) is 12.6 Å². The van der Waals surface area contributed by atoms with Crippen LogP contribution in [0.2, 0.25) is 0 Å². The monoisotopic (exact) mass is 130 g/mol. The van der Waals surface area contributed by atoms with Crippen LogP contribution in [0.4, 0.5) is 13.2 Å². The summed E-state index contributed by atoms with van der Waals surface area (Å²) in [6.07, 6.45) is -4.14. The Bertz CT molecular complexity index is 55.7. The van der Waals surface area contributed by atoms with E-state index in [1.165, 1.54) is 0 Å². The maximum atomic E-state index is 11.1. The van der Waals surface area contributed by atoms with Crippen molar-refractivity contribution < 1.29 is 13.2 Å². The van der Waals surface area contributed by atoms with E-state index in [0.717, 1.165) is 6.92 Å². The van der Waals surface area contributed by atoms with Crippen LogP contribution in [0.3, 0.4) is 0 Å². The third-order valence-electron chi connectivity index (χ3n) is 0.474. The zero-order chi connectivity index (χ0) is 6.08. The fraction of sp³-hybridized carbons (Fsp3) is 1.00. The molecular weight excluding hydrogens is 125 g/mol. The summed E-state index contributed by atoms with van der Waals surface area (Å²) in [4.78, 5) is 0. The molecule has 1 atom stereocenters. The van der Waals surface area contributed by atoms with Gasteiger partial charge in [-0.3, -0.25) is 0 Å². The predicted octanol–water partition coefficient (Wildman–Crippen LogP) is 1.87. The van der Waals surface area contributed by atoms with Gasteiger partial charge in [0.25, 0.3) is 0 Å². The Morgan fingerprint density at radius 2 is 1.57 bits per heavy atom. The van der Waals surface area contributed by atoms with Crippen LogP contribution >= 0.6 is 12.6 Å². The van der Waals surface area contributed by atoms with Gasteiger partial charge in [0.05, 0.1) is 5.25 Å². The second-order valence-corrected chi connectivity index (χ2v) is 1.99. The molecule has 44 valence electrons. The summed E-state index contributed by atoms with van der Waals surface area (Å²) in [5, 5.41) is -1.51. The molecular formula is C3H5F3S. The van der Waals surface area contributed by atoms with Crippen molar-refractivity contribution in [2.24, 2.45) is 0 Å². The van der Waals surface area contributed by atoms with E-state index in [4.69, 9.17) is 0 Å². The van der Waals surface area contributed by atoms with Gasteiger partial charge in [-0.2, -0.15) is 25.8 Å². The Morgan fingerprint density at radius 1 is 1.43 bits per heavy atom.